The third-order valence-electron chi connectivity index (χ3n) is 4.77. The number of anilines is 2. The molecule has 0 aliphatic carbocycles. The number of pyridine rings is 1. The van der Waals surface area contributed by atoms with Crippen molar-refractivity contribution in [2.24, 2.45) is 0 Å². The molecule has 0 amide bonds. The van der Waals surface area contributed by atoms with Gasteiger partial charge in [-0.2, -0.15) is 0 Å². The fraction of sp³-hybridized carbons (Fsp3) is 0.211. The van der Waals surface area contributed by atoms with Gasteiger partial charge in [0.1, 0.15) is 17.7 Å². The van der Waals surface area contributed by atoms with Crippen LogP contribution in [-0.4, -0.2) is 51.1 Å². The lowest BCUT2D eigenvalue weighted by Crippen LogP contribution is -2.46. The van der Waals surface area contributed by atoms with Crippen LogP contribution in [0.25, 0.3) is 22.1 Å². The van der Waals surface area contributed by atoms with Crippen LogP contribution in [0, 0.1) is 0 Å². The first-order chi connectivity index (χ1) is 12.9. The maximum Gasteiger partial charge on any atom is 0.180 e. The van der Waals surface area contributed by atoms with E-state index in [2.05, 4.69) is 52.9 Å². The average molecular weight is 343 g/mol. The van der Waals surface area contributed by atoms with E-state index in [1.807, 2.05) is 18.3 Å². The van der Waals surface area contributed by atoms with E-state index in [-0.39, 0.29) is 0 Å². The van der Waals surface area contributed by atoms with Crippen LogP contribution in [0.1, 0.15) is 0 Å². The monoisotopic (exact) mass is 343 g/mol. The van der Waals surface area contributed by atoms with Crippen LogP contribution in [0.4, 0.5) is 11.5 Å². The second-order valence-electron chi connectivity index (χ2n) is 6.31. The Morgan fingerprint density at radius 3 is 2.50 bits per heavy atom. The number of rotatable bonds is 2. The predicted molar refractivity (Wildman–Crippen MR) is 101 cm³/mol. The summed E-state index contributed by atoms with van der Waals surface area (Å²) >= 11 is 0. The predicted octanol–water partition coefficient (Wildman–Crippen LogP) is 2.29. The summed E-state index contributed by atoms with van der Waals surface area (Å²) in [5.41, 5.74) is 3.71. The summed E-state index contributed by atoms with van der Waals surface area (Å²) in [6.07, 6.45) is 6.82. The standard InChI is InChI=1S/C19H17N7/c1-2-16-14(12-20-13-23-16)11-15(1)25-7-9-26(10-8-25)18-4-3-17-19(24-18)22-6-5-21-17/h1-6,11-13H,7-10H2. The van der Waals surface area contributed by atoms with Crippen molar-refractivity contribution in [3.8, 4) is 0 Å². The Morgan fingerprint density at radius 2 is 1.58 bits per heavy atom. The van der Waals surface area contributed by atoms with Crippen LogP contribution in [0.2, 0.25) is 0 Å². The minimum atomic E-state index is 0.696. The Balaban J connectivity index is 1.34. The first kappa shape index (κ1) is 14.9. The van der Waals surface area contributed by atoms with Crippen molar-refractivity contribution in [3.63, 3.8) is 0 Å². The molecule has 26 heavy (non-hydrogen) atoms. The third kappa shape index (κ3) is 2.67. The summed E-state index contributed by atoms with van der Waals surface area (Å²) in [7, 11) is 0. The lowest BCUT2D eigenvalue weighted by Gasteiger charge is -2.36. The summed E-state index contributed by atoms with van der Waals surface area (Å²) in [6, 6.07) is 10.4. The lowest BCUT2D eigenvalue weighted by molar-refractivity contribution is 0.648. The smallest absolute Gasteiger partial charge is 0.180 e. The maximum absolute atomic E-state index is 4.65. The Kier molecular flexibility index (Phi) is 3.55. The molecule has 1 aliphatic heterocycles. The SMILES string of the molecule is c1ncc2cc(N3CCN(c4ccc5nccnc5n4)CC3)ccc2n1. The zero-order chi connectivity index (χ0) is 17.3. The molecule has 0 saturated carbocycles. The molecule has 1 aliphatic rings. The van der Waals surface area contributed by atoms with E-state index in [1.54, 1.807) is 18.7 Å². The number of piperazine rings is 1. The highest BCUT2D eigenvalue weighted by molar-refractivity contribution is 5.81. The second-order valence-corrected chi connectivity index (χ2v) is 6.31. The van der Waals surface area contributed by atoms with Gasteiger partial charge in [-0.1, -0.05) is 0 Å². The molecule has 3 aromatic heterocycles. The van der Waals surface area contributed by atoms with Gasteiger partial charge in [0.25, 0.3) is 0 Å². The van der Waals surface area contributed by atoms with Gasteiger partial charge < -0.3 is 9.80 Å². The Hall–Kier alpha value is -3.35. The van der Waals surface area contributed by atoms with E-state index in [0.717, 1.165) is 48.4 Å². The zero-order valence-corrected chi connectivity index (χ0v) is 14.2. The molecule has 0 bridgehead atoms. The zero-order valence-electron chi connectivity index (χ0n) is 14.2. The fourth-order valence-corrected chi connectivity index (χ4v) is 3.38. The van der Waals surface area contributed by atoms with Gasteiger partial charge in [0.15, 0.2) is 5.65 Å². The van der Waals surface area contributed by atoms with Crippen LogP contribution in [-0.2, 0) is 0 Å². The summed E-state index contributed by atoms with van der Waals surface area (Å²) in [6.45, 7) is 3.73. The van der Waals surface area contributed by atoms with Gasteiger partial charge in [-0.15, -0.1) is 0 Å². The summed E-state index contributed by atoms with van der Waals surface area (Å²) in [4.78, 5) is 26.3. The first-order valence-electron chi connectivity index (χ1n) is 8.64. The van der Waals surface area contributed by atoms with Crippen molar-refractivity contribution in [2.75, 3.05) is 36.0 Å². The number of hydrogen-bond donors (Lipinski definition) is 0. The van der Waals surface area contributed by atoms with Crippen LogP contribution in [0.5, 0.6) is 0 Å². The molecule has 128 valence electrons. The highest BCUT2D eigenvalue weighted by Gasteiger charge is 2.19. The van der Waals surface area contributed by atoms with E-state index in [4.69, 9.17) is 0 Å². The van der Waals surface area contributed by atoms with Crippen LogP contribution < -0.4 is 9.80 Å². The van der Waals surface area contributed by atoms with Crippen molar-refractivity contribution < 1.29 is 0 Å². The molecule has 0 radical (unpaired) electrons. The Labute approximate surface area is 150 Å². The van der Waals surface area contributed by atoms with E-state index in [1.165, 1.54) is 5.69 Å². The molecule has 1 fully saturated rings. The van der Waals surface area contributed by atoms with Crippen LogP contribution in [0.3, 0.4) is 0 Å². The molecule has 0 spiro atoms. The normalized spacial score (nSPS) is 14.9. The van der Waals surface area contributed by atoms with Crippen LogP contribution in [0.15, 0.2) is 55.2 Å². The van der Waals surface area contributed by atoms with Crippen molar-refractivity contribution in [2.45, 2.75) is 0 Å². The molecule has 7 heteroatoms. The number of hydrogen-bond acceptors (Lipinski definition) is 7. The minimum absolute atomic E-state index is 0.696. The second kappa shape index (κ2) is 6.18. The van der Waals surface area contributed by atoms with E-state index < -0.39 is 0 Å². The first-order valence-corrected chi connectivity index (χ1v) is 8.64. The van der Waals surface area contributed by atoms with Gasteiger partial charge in [-0.25, -0.2) is 19.9 Å². The molecular formula is C19H17N7. The Bertz CT molecular complexity index is 986. The summed E-state index contributed by atoms with van der Waals surface area (Å²) in [5.74, 6) is 0.963. The van der Waals surface area contributed by atoms with Gasteiger partial charge in [0.05, 0.1) is 5.52 Å². The highest BCUT2D eigenvalue weighted by Crippen LogP contribution is 2.23. The van der Waals surface area contributed by atoms with Crippen molar-refractivity contribution >= 4 is 33.6 Å². The van der Waals surface area contributed by atoms with Gasteiger partial charge in [0.2, 0.25) is 0 Å². The topological polar surface area (TPSA) is 70.9 Å². The van der Waals surface area contributed by atoms with Crippen molar-refractivity contribution in [3.05, 3.63) is 55.2 Å². The van der Waals surface area contributed by atoms with Crippen molar-refractivity contribution in [1.82, 2.24) is 24.9 Å². The molecule has 0 atom stereocenters. The van der Waals surface area contributed by atoms with E-state index >= 15 is 0 Å². The van der Waals surface area contributed by atoms with Gasteiger partial charge in [0, 0.05) is 55.8 Å². The summed E-state index contributed by atoms with van der Waals surface area (Å²) in [5, 5.41) is 1.07. The van der Waals surface area contributed by atoms with Gasteiger partial charge in [-0.3, -0.25) is 4.98 Å². The number of nitrogens with zero attached hydrogens (tertiary/aromatic N) is 7. The van der Waals surface area contributed by atoms with E-state index in [9.17, 15) is 0 Å². The van der Waals surface area contributed by atoms with Crippen LogP contribution >= 0.6 is 0 Å². The minimum Gasteiger partial charge on any atom is -0.368 e. The fourth-order valence-electron chi connectivity index (χ4n) is 3.38. The molecule has 1 aromatic carbocycles. The van der Waals surface area contributed by atoms with Gasteiger partial charge in [-0.05, 0) is 30.3 Å². The number of aromatic nitrogens is 5. The molecule has 0 N–H and O–H groups in total. The molecular weight excluding hydrogens is 326 g/mol. The highest BCUT2D eigenvalue weighted by atomic mass is 15.3. The molecule has 4 aromatic rings. The molecule has 4 heterocycles. The van der Waals surface area contributed by atoms with Gasteiger partial charge >= 0.3 is 0 Å². The lowest BCUT2D eigenvalue weighted by atomic mass is 10.2. The third-order valence-corrected chi connectivity index (χ3v) is 4.77. The molecule has 1 saturated heterocycles. The van der Waals surface area contributed by atoms with Crippen molar-refractivity contribution in [1.29, 1.82) is 0 Å². The van der Waals surface area contributed by atoms with E-state index in [0.29, 0.717) is 5.65 Å². The number of benzene rings is 1. The number of fused-ring (bicyclic) bond motifs is 2. The molecule has 5 rings (SSSR count). The summed E-state index contributed by atoms with van der Waals surface area (Å²) < 4.78 is 0. The molecule has 0 unspecified atom stereocenters. The molecule has 7 nitrogen and oxygen atoms in total. The average Bonchev–Trinajstić information content (AvgIpc) is 2.73. The quantitative estimate of drug-likeness (QED) is 0.553. The Morgan fingerprint density at radius 1 is 0.769 bits per heavy atom. The maximum atomic E-state index is 4.65. The largest absolute Gasteiger partial charge is 0.368 e.